The van der Waals surface area contributed by atoms with Crippen molar-refractivity contribution in [1.29, 1.82) is 0 Å². The SMILES string of the molecule is O=C(CCCCS(=O)(=O)C12CC3CC(CC(C3)C1)C2)N[C@H](CN1CCCC1)[C@H](O)c1ccc2c(c1)OCCO2. The summed E-state index contributed by atoms with van der Waals surface area (Å²) in [5.74, 6) is 3.14. The van der Waals surface area contributed by atoms with Crippen LogP contribution in [0.15, 0.2) is 18.2 Å². The summed E-state index contributed by atoms with van der Waals surface area (Å²) in [5, 5.41) is 14.4. The average molecular weight is 561 g/mol. The summed E-state index contributed by atoms with van der Waals surface area (Å²) in [5.41, 5.74) is 0.686. The minimum Gasteiger partial charge on any atom is -0.486 e. The van der Waals surface area contributed by atoms with Gasteiger partial charge < -0.3 is 24.8 Å². The number of hydrogen-bond acceptors (Lipinski definition) is 7. The fraction of sp³-hybridized carbons (Fsp3) is 0.767. The quantitative estimate of drug-likeness (QED) is 0.398. The molecule has 9 heteroatoms. The van der Waals surface area contributed by atoms with Crippen molar-refractivity contribution in [3.8, 4) is 11.5 Å². The largest absolute Gasteiger partial charge is 0.486 e. The Bertz CT molecular complexity index is 1110. The number of carbonyl (C=O) groups excluding carboxylic acids is 1. The molecule has 1 aromatic rings. The summed E-state index contributed by atoms with van der Waals surface area (Å²) in [4.78, 5) is 15.3. The summed E-state index contributed by atoms with van der Waals surface area (Å²) in [7, 11) is -3.17. The van der Waals surface area contributed by atoms with E-state index in [4.69, 9.17) is 9.47 Å². The lowest BCUT2D eigenvalue weighted by Crippen LogP contribution is -2.55. The van der Waals surface area contributed by atoms with E-state index in [2.05, 4.69) is 10.2 Å². The number of hydrogen-bond donors (Lipinski definition) is 2. The van der Waals surface area contributed by atoms with Gasteiger partial charge in [-0.15, -0.1) is 0 Å². The zero-order valence-electron chi connectivity index (χ0n) is 23.0. The maximum Gasteiger partial charge on any atom is 0.220 e. The minimum absolute atomic E-state index is 0.136. The molecule has 2 N–H and O–H groups in total. The number of nitrogens with one attached hydrogen (secondary N) is 1. The fourth-order valence-corrected chi connectivity index (χ4v) is 10.9. The second-order valence-electron chi connectivity index (χ2n) is 12.9. The predicted molar refractivity (Wildman–Crippen MR) is 149 cm³/mol. The molecule has 1 saturated heterocycles. The van der Waals surface area contributed by atoms with Gasteiger partial charge in [0.2, 0.25) is 5.91 Å². The number of aliphatic hydroxyl groups excluding tert-OH is 1. The van der Waals surface area contributed by atoms with Crippen LogP contribution in [0.5, 0.6) is 11.5 Å². The summed E-state index contributed by atoms with van der Waals surface area (Å²) in [6, 6.07) is 4.98. The summed E-state index contributed by atoms with van der Waals surface area (Å²) in [6.45, 7) is 3.47. The maximum absolute atomic E-state index is 13.5. The molecule has 2 heterocycles. The molecule has 216 valence electrons. The molecular weight excluding hydrogens is 516 g/mol. The third-order valence-corrected chi connectivity index (χ3v) is 12.6. The Balaban J connectivity index is 1.04. The number of amides is 1. The Kier molecular flexibility index (Phi) is 7.85. The Morgan fingerprint density at radius 3 is 2.31 bits per heavy atom. The van der Waals surface area contributed by atoms with Gasteiger partial charge in [0, 0.05) is 13.0 Å². The van der Waals surface area contributed by atoms with Crippen LogP contribution < -0.4 is 14.8 Å². The topological polar surface area (TPSA) is 105 Å². The van der Waals surface area contributed by atoms with Crippen molar-refractivity contribution in [3.63, 3.8) is 0 Å². The predicted octanol–water partition coefficient (Wildman–Crippen LogP) is 3.63. The molecule has 1 amide bonds. The highest BCUT2D eigenvalue weighted by molar-refractivity contribution is 7.92. The second kappa shape index (κ2) is 11.2. The van der Waals surface area contributed by atoms with Gasteiger partial charge in [0.05, 0.1) is 16.5 Å². The van der Waals surface area contributed by atoms with E-state index in [9.17, 15) is 18.3 Å². The van der Waals surface area contributed by atoms with Crippen LogP contribution in [0, 0.1) is 17.8 Å². The number of unbranched alkanes of at least 4 members (excludes halogenated alkanes) is 1. The monoisotopic (exact) mass is 560 g/mol. The Morgan fingerprint density at radius 1 is 1.00 bits per heavy atom. The molecule has 0 unspecified atom stereocenters. The van der Waals surface area contributed by atoms with Crippen LogP contribution >= 0.6 is 0 Å². The third-order valence-electron chi connectivity index (χ3n) is 10.00. The van der Waals surface area contributed by atoms with Crippen LogP contribution in [0.4, 0.5) is 0 Å². The number of aliphatic hydroxyl groups is 1. The average Bonchev–Trinajstić information content (AvgIpc) is 3.42. The molecule has 0 aromatic heterocycles. The van der Waals surface area contributed by atoms with E-state index in [1.54, 1.807) is 6.07 Å². The number of rotatable bonds is 11. The van der Waals surface area contributed by atoms with Crippen molar-refractivity contribution < 1.29 is 27.8 Å². The van der Waals surface area contributed by atoms with Crippen molar-refractivity contribution in [1.82, 2.24) is 10.2 Å². The number of sulfone groups is 1. The smallest absolute Gasteiger partial charge is 0.220 e. The number of benzene rings is 1. The lowest BCUT2D eigenvalue weighted by Gasteiger charge is -2.56. The molecule has 4 aliphatic carbocycles. The number of likely N-dealkylation sites (tertiary alicyclic amines) is 1. The van der Waals surface area contributed by atoms with E-state index in [0.717, 1.165) is 45.2 Å². The molecule has 4 bridgehead atoms. The van der Waals surface area contributed by atoms with E-state index in [1.165, 1.54) is 19.3 Å². The fourth-order valence-electron chi connectivity index (χ4n) is 8.43. The molecular formula is C30H44N2O6S. The second-order valence-corrected chi connectivity index (χ2v) is 15.4. The summed E-state index contributed by atoms with van der Waals surface area (Å²) >= 11 is 0. The van der Waals surface area contributed by atoms with Crippen LogP contribution in [0.2, 0.25) is 0 Å². The first-order valence-corrected chi connectivity index (χ1v) is 16.8. The highest BCUT2D eigenvalue weighted by Crippen LogP contribution is 2.58. The van der Waals surface area contributed by atoms with Gasteiger partial charge in [-0.2, -0.15) is 0 Å². The summed E-state index contributed by atoms with van der Waals surface area (Å²) in [6.07, 6.45) is 8.93. The molecule has 39 heavy (non-hydrogen) atoms. The first-order valence-electron chi connectivity index (χ1n) is 15.1. The van der Waals surface area contributed by atoms with E-state index < -0.39 is 26.7 Å². The standard InChI is InChI=1S/C30H44N2O6S/c33-28(5-1-4-12-39(35,36)30-17-21-13-22(18-30)15-23(14-21)19-30)31-25(20-32-8-2-3-9-32)29(34)24-6-7-26-27(16-24)38-11-10-37-26/h6-7,16,21-23,25,29,34H,1-5,8-15,17-20H2,(H,31,33)/t21?,22?,23?,25-,29-,30?/m1/s1. The van der Waals surface area contributed by atoms with Crippen LogP contribution in [-0.4, -0.2) is 73.7 Å². The molecule has 0 spiro atoms. The Labute approximate surface area is 232 Å². The van der Waals surface area contributed by atoms with Crippen LogP contribution in [-0.2, 0) is 14.6 Å². The number of nitrogens with zero attached hydrogens (tertiary/aromatic N) is 1. The van der Waals surface area contributed by atoms with Crippen molar-refractivity contribution in [2.24, 2.45) is 17.8 Å². The van der Waals surface area contributed by atoms with Gasteiger partial charge in [0.25, 0.3) is 0 Å². The van der Waals surface area contributed by atoms with Crippen LogP contribution in [0.3, 0.4) is 0 Å². The van der Waals surface area contributed by atoms with Crippen molar-refractivity contribution in [3.05, 3.63) is 23.8 Å². The number of carbonyl (C=O) groups is 1. The Hall–Kier alpha value is -1.84. The van der Waals surface area contributed by atoms with Gasteiger partial charge in [-0.25, -0.2) is 8.42 Å². The molecule has 4 saturated carbocycles. The van der Waals surface area contributed by atoms with Gasteiger partial charge in [0.15, 0.2) is 21.3 Å². The van der Waals surface area contributed by atoms with Gasteiger partial charge in [0.1, 0.15) is 19.3 Å². The maximum atomic E-state index is 13.5. The van der Waals surface area contributed by atoms with Crippen molar-refractivity contribution in [2.75, 3.05) is 38.6 Å². The van der Waals surface area contributed by atoms with Gasteiger partial charge >= 0.3 is 0 Å². The normalized spacial score (nSPS) is 31.3. The minimum atomic E-state index is -3.17. The van der Waals surface area contributed by atoms with Gasteiger partial charge in [-0.05, 0) is 113 Å². The highest BCUT2D eigenvalue weighted by Gasteiger charge is 2.56. The molecule has 1 aromatic carbocycles. The number of ether oxygens (including phenoxy) is 2. The molecule has 2 atom stereocenters. The molecule has 2 aliphatic heterocycles. The van der Waals surface area contributed by atoms with E-state index in [-0.39, 0.29) is 18.1 Å². The van der Waals surface area contributed by atoms with Crippen LogP contribution in [0.25, 0.3) is 0 Å². The van der Waals surface area contributed by atoms with E-state index in [1.807, 2.05) is 12.1 Å². The van der Waals surface area contributed by atoms with Crippen molar-refractivity contribution >= 4 is 15.7 Å². The summed E-state index contributed by atoms with van der Waals surface area (Å²) < 4.78 is 37.8. The van der Waals surface area contributed by atoms with E-state index >= 15 is 0 Å². The zero-order chi connectivity index (χ0) is 27.0. The molecule has 5 fully saturated rings. The zero-order valence-corrected chi connectivity index (χ0v) is 23.8. The first-order chi connectivity index (χ1) is 18.8. The Morgan fingerprint density at radius 2 is 1.64 bits per heavy atom. The molecule has 8 nitrogen and oxygen atoms in total. The van der Waals surface area contributed by atoms with E-state index in [0.29, 0.717) is 67.4 Å². The molecule has 6 aliphatic rings. The molecule has 0 radical (unpaired) electrons. The van der Waals surface area contributed by atoms with Crippen molar-refractivity contribution in [2.45, 2.75) is 87.5 Å². The number of fused-ring (bicyclic) bond motifs is 1. The first kappa shape index (κ1) is 27.3. The molecule has 7 rings (SSSR count). The lowest BCUT2D eigenvalue weighted by molar-refractivity contribution is -0.123. The van der Waals surface area contributed by atoms with Gasteiger partial charge in [-0.1, -0.05) is 6.07 Å². The van der Waals surface area contributed by atoms with Crippen LogP contribution in [0.1, 0.15) is 82.3 Å². The lowest BCUT2D eigenvalue weighted by atomic mass is 9.56. The van der Waals surface area contributed by atoms with Gasteiger partial charge in [-0.3, -0.25) is 4.79 Å². The third kappa shape index (κ3) is 5.82. The highest BCUT2D eigenvalue weighted by atomic mass is 32.2.